The highest BCUT2D eigenvalue weighted by molar-refractivity contribution is 6.32. The molecular weight excluding hydrogens is 418 g/mol. The summed E-state index contributed by atoms with van der Waals surface area (Å²) in [7, 11) is 3.05. The summed E-state index contributed by atoms with van der Waals surface area (Å²) >= 11 is 6.16. The molecule has 1 N–H and O–H groups in total. The predicted octanol–water partition coefficient (Wildman–Crippen LogP) is 4.31. The van der Waals surface area contributed by atoms with Gasteiger partial charge in [0.05, 0.1) is 30.3 Å². The third kappa shape index (κ3) is 3.95. The topological polar surface area (TPSA) is 82.5 Å². The van der Waals surface area contributed by atoms with Crippen molar-refractivity contribution in [2.45, 2.75) is 0 Å². The Morgan fingerprint density at radius 2 is 1.74 bits per heavy atom. The van der Waals surface area contributed by atoms with E-state index in [1.807, 2.05) is 0 Å². The van der Waals surface area contributed by atoms with Crippen molar-refractivity contribution in [1.29, 1.82) is 0 Å². The van der Waals surface area contributed by atoms with Crippen LogP contribution in [0.15, 0.2) is 71.5 Å². The minimum atomic E-state index is -0.478. The van der Waals surface area contributed by atoms with Gasteiger partial charge in [0, 0.05) is 17.1 Å². The van der Waals surface area contributed by atoms with Gasteiger partial charge in [-0.15, -0.1) is 0 Å². The molecule has 4 aromatic rings. The minimum absolute atomic E-state index is 0.102. The number of hydrogen-bond donors (Lipinski definition) is 1. The average molecular weight is 436 g/mol. The van der Waals surface area contributed by atoms with Crippen LogP contribution in [0.25, 0.3) is 16.5 Å². The van der Waals surface area contributed by atoms with Gasteiger partial charge in [-0.25, -0.2) is 0 Å². The maximum absolute atomic E-state index is 13.1. The van der Waals surface area contributed by atoms with Crippen LogP contribution in [0.1, 0.15) is 10.5 Å². The van der Waals surface area contributed by atoms with Gasteiger partial charge in [-0.1, -0.05) is 35.9 Å². The molecule has 31 heavy (non-hydrogen) atoms. The smallest absolute Gasteiger partial charge is 0.279 e. The van der Waals surface area contributed by atoms with E-state index in [1.165, 1.54) is 18.9 Å². The Hall–Kier alpha value is -3.84. The van der Waals surface area contributed by atoms with Crippen LogP contribution in [0, 0.1) is 0 Å². The first-order valence-electron chi connectivity index (χ1n) is 9.33. The number of carbonyl (C=O) groups is 1. The Balaban J connectivity index is 1.83. The fraction of sp³-hybridized carbons (Fsp3) is 0.0870. The van der Waals surface area contributed by atoms with Crippen molar-refractivity contribution in [3.63, 3.8) is 0 Å². The summed E-state index contributed by atoms with van der Waals surface area (Å²) in [5.41, 5.74) is 0.718. The van der Waals surface area contributed by atoms with Crippen LogP contribution < -0.4 is 20.3 Å². The maximum Gasteiger partial charge on any atom is 0.279 e. The van der Waals surface area contributed by atoms with Crippen LogP contribution in [0.4, 0.5) is 5.69 Å². The second-order valence-electron chi connectivity index (χ2n) is 6.62. The van der Waals surface area contributed by atoms with Gasteiger partial charge >= 0.3 is 0 Å². The maximum atomic E-state index is 13.1. The number of hydrogen-bond acceptors (Lipinski definition) is 5. The number of ether oxygens (including phenoxy) is 2. The zero-order chi connectivity index (χ0) is 22.0. The van der Waals surface area contributed by atoms with E-state index in [4.69, 9.17) is 21.1 Å². The molecule has 0 aliphatic heterocycles. The van der Waals surface area contributed by atoms with E-state index in [0.29, 0.717) is 38.7 Å². The Morgan fingerprint density at radius 3 is 2.45 bits per heavy atom. The Bertz CT molecular complexity index is 1350. The molecule has 1 heterocycles. The van der Waals surface area contributed by atoms with Gasteiger partial charge in [-0.05, 0) is 36.4 Å². The standard InChI is InChI=1S/C23H18ClN3O4/c1-30-16-7-5-6-15(13-16)27-23(29)18-9-4-3-8-17(18)21(26-27)22(28)25-14-10-11-20(31-2)19(24)12-14/h3-13H,1-2H3,(H,25,28). The molecule has 7 nitrogen and oxygen atoms in total. The lowest BCUT2D eigenvalue weighted by molar-refractivity contribution is 0.102. The van der Waals surface area contributed by atoms with Crippen molar-refractivity contribution < 1.29 is 14.3 Å². The number of methoxy groups -OCH3 is 2. The normalized spacial score (nSPS) is 10.7. The second kappa shape index (κ2) is 8.49. The monoisotopic (exact) mass is 435 g/mol. The van der Waals surface area contributed by atoms with Crippen molar-refractivity contribution in [3.8, 4) is 17.2 Å². The lowest BCUT2D eigenvalue weighted by Crippen LogP contribution is -2.26. The van der Waals surface area contributed by atoms with Crippen LogP contribution in [0.2, 0.25) is 5.02 Å². The van der Waals surface area contributed by atoms with Gasteiger partial charge in [-0.2, -0.15) is 9.78 Å². The van der Waals surface area contributed by atoms with E-state index in [-0.39, 0.29) is 11.3 Å². The second-order valence-corrected chi connectivity index (χ2v) is 7.02. The van der Waals surface area contributed by atoms with Crippen molar-refractivity contribution in [1.82, 2.24) is 9.78 Å². The first-order chi connectivity index (χ1) is 15.0. The van der Waals surface area contributed by atoms with E-state index in [9.17, 15) is 9.59 Å². The lowest BCUT2D eigenvalue weighted by Gasteiger charge is -2.12. The molecule has 0 aliphatic carbocycles. The summed E-state index contributed by atoms with van der Waals surface area (Å²) in [6.07, 6.45) is 0. The Morgan fingerprint density at radius 1 is 0.968 bits per heavy atom. The fourth-order valence-electron chi connectivity index (χ4n) is 3.21. The molecule has 0 bridgehead atoms. The third-order valence-corrected chi connectivity index (χ3v) is 5.02. The van der Waals surface area contributed by atoms with Crippen molar-refractivity contribution in [2.75, 3.05) is 19.5 Å². The molecule has 0 unspecified atom stereocenters. The molecule has 4 rings (SSSR count). The lowest BCUT2D eigenvalue weighted by atomic mass is 10.1. The Kier molecular flexibility index (Phi) is 5.60. The number of rotatable bonds is 5. The molecule has 0 saturated heterocycles. The number of nitrogens with one attached hydrogen (secondary N) is 1. The fourth-order valence-corrected chi connectivity index (χ4v) is 3.47. The number of halogens is 1. The highest BCUT2D eigenvalue weighted by atomic mass is 35.5. The molecule has 3 aromatic carbocycles. The zero-order valence-electron chi connectivity index (χ0n) is 16.8. The molecule has 8 heteroatoms. The van der Waals surface area contributed by atoms with E-state index in [0.717, 1.165) is 0 Å². The molecule has 0 fully saturated rings. The summed E-state index contributed by atoms with van der Waals surface area (Å²) in [5, 5.41) is 8.34. The van der Waals surface area contributed by atoms with Crippen LogP contribution in [-0.2, 0) is 0 Å². The minimum Gasteiger partial charge on any atom is -0.497 e. The number of aromatic nitrogens is 2. The molecule has 0 aliphatic rings. The number of fused-ring (bicyclic) bond motifs is 1. The van der Waals surface area contributed by atoms with E-state index >= 15 is 0 Å². The molecule has 1 amide bonds. The molecular formula is C23H18ClN3O4. The van der Waals surface area contributed by atoms with Crippen LogP contribution in [0.5, 0.6) is 11.5 Å². The first kappa shape index (κ1) is 20.4. The number of carbonyl (C=O) groups excluding carboxylic acids is 1. The van der Waals surface area contributed by atoms with E-state index in [1.54, 1.807) is 66.7 Å². The van der Waals surface area contributed by atoms with Gasteiger partial charge < -0.3 is 14.8 Å². The summed E-state index contributed by atoms with van der Waals surface area (Å²) < 4.78 is 11.6. The molecule has 1 aromatic heterocycles. The molecule has 156 valence electrons. The quantitative estimate of drug-likeness (QED) is 0.505. The number of amides is 1. The number of anilines is 1. The zero-order valence-corrected chi connectivity index (χ0v) is 17.5. The third-order valence-electron chi connectivity index (χ3n) is 4.73. The number of nitrogens with zero attached hydrogens (tertiary/aromatic N) is 2. The van der Waals surface area contributed by atoms with Crippen LogP contribution in [0.3, 0.4) is 0 Å². The number of benzene rings is 3. The Labute approximate surface area is 182 Å². The highest BCUT2D eigenvalue weighted by Crippen LogP contribution is 2.27. The predicted molar refractivity (Wildman–Crippen MR) is 120 cm³/mol. The van der Waals surface area contributed by atoms with Crippen molar-refractivity contribution in [3.05, 3.63) is 87.8 Å². The van der Waals surface area contributed by atoms with E-state index < -0.39 is 5.91 Å². The van der Waals surface area contributed by atoms with Crippen molar-refractivity contribution in [2.24, 2.45) is 0 Å². The molecule has 0 radical (unpaired) electrons. The molecule has 0 saturated carbocycles. The van der Waals surface area contributed by atoms with E-state index in [2.05, 4.69) is 10.4 Å². The van der Waals surface area contributed by atoms with Gasteiger partial charge in [0.1, 0.15) is 11.5 Å². The summed E-state index contributed by atoms with van der Waals surface area (Å²) in [6.45, 7) is 0. The van der Waals surface area contributed by atoms with Crippen LogP contribution in [-0.4, -0.2) is 29.9 Å². The largest absolute Gasteiger partial charge is 0.497 e. The van der Waals surface area contributed by atoms with Gasteiger partial charge in [0.25, 0.3) is 11.5 Å². The van der Waals surface area contributed by atoms with Gasteiger partial charge in [-0.3, -0.25) is 9.59 Å². The van der Waals surface area contributed by atoms with Crippen molar-refractivity contribution >= 4 is 34.0 Å². The SMILES string of the molecule is COc1cccc(-n2nc(C(=O)Nc3ccc(OC)c(Cl)c3)c3ccccc3c2=O)c1. The van der Waals surface area contributed by atoms with Gasteiger partial charge in [0.2, 0.25) is 0 Å². The summed E-state index contributed by atoms with van der Waals surface area (Å²) in [5.74, 6) is 0.585. The molecule has 0 spiro atoms. The summed E-state index contributed by atoms with van der Waals surface area (Å²) in [4.78, 5) is 26.2. The summed E-state index contributed by atoms with van der Waals surface area (Å²) in [6, 6.07) is 18.7. The molecule has 0 atom stereocenters. The highest BCUT2D eigenvalue weighted by Gasteiger charge is 2.18. The average Bonchev–Trinajstić information content (AvgIpc) is 2.79. The first-order valence-corrected chi connectivity index (χ1v) is 9.71. The van der Waals surface area contributed by atoms with Crippen LogP contribution >= 0.6 is 11.6 Å². The van der Waals surface area contributed by atoms with Gasteiger partial charge in [0.15, 0.2) is 5.69 Å².